The molecular formula is C18H15FN6O2. The van der Waals surface area contributed by atoms with Crippen LogP contribution in [-0.4, -0.2) is 30.1 Å². The lowest BCUT2D eigenvalue weighted by atomic mass is 10.3. The quantitative estimate of drug-likeness (QED) is 0.594. The van der Waals surface area contributed by atoms with Crippen molar-refractivity contribution in [3.05, 3.63) is 64.6 Å². The van der Waals surface area contributed by atoms with Crippen molar-refractivity contribution in [1.82, 2.24) is 24.1 Å². The van der Waals surface area contributed by atoms with Crippen LogP contribution in [0.25, 0.3) is 16.7 Å². The Balaban J connectivity index is 1.80. The number of amides is 1. The molecule has 4 aromatic rings. The molecule has 0 radical (unpaired) electrons. The van der Waals surface area contributed by atoms with Gasteiger partial charge in [-0.3, -0.25) is 9.59 Å². The zero-order valence-corrected chi connectivity index (χ0v) is 14.4. The van der Waals surface area contributed by atoms with Gasteiger partial charge in [-0.25, -0.2) is 14.4 Å². The number of pyridine rings is 2. The molecule has 0 spiro atoms. The summed E-state index contributed by atoms with van der Waals surface area (Å²) in [4.78, 5) is 33.3. The number of nitrogens with one attached hydrogen (secondary N) is 1. The van der Waals surface area contributed by atoms with Crippen LogP contribution >= 0.6 is 0 Å². The Morgan fingerprint density at radius 2 is 2.11 bits per heavy atom. The van der Waals surface area contributed by atoms with Crippen molar-refractivity contribution < 1.29 is 9.18 Å². The van der Waals surface area contributed by atoms with Crippen molar-refractivity contribution >= 4 is 28.4 Å². The molecule has 1 amide bonds. The van der Waals surface area contributed by atoms with E-state index >= 15 is 0 Å². The maximum absolute atomic E-state index is 13.0. The molecule has 0 aliphatic carbocycles. The molecule has 0 atom stereocenters. The van der Waals surface area contributed by atoms with Crippen LogP contribution in [0.4, 0.5) is 10.2 Å². The Bertz CT molecular complexity index is 1210. The molecule has 0 aromatic carbocycles. The topological polar surface area (TPSA) is 94.2 Å². The molecule has 0 saturated heterocycles. The van der Waals surface area contributed by atoms with Crippen LogP contribution in [0.1, 0.15) is 12.6 Å². The van der Waals surface area contributed by atoms with Crippen LogP contribution < -0.4 is 10.9 Å². The molecule has 0 fully saturated rings. The third kappa shape index (κ3) is 3.03. The van der Waals surface area contributed by atoms with E-state index in [0.717, 1.165) is 11.9 Å². The monoisotopic (exact) mass is 366 g/mol. The van der Waals surface area contributed by atoms with Crippen molar-refractivity contribution in [2.45, 2.75) is 19.9 Å². The Morgan fingerprint density at radius 3 is 2.85 bits per heavy atom. The molecule has 4 heterocycles. The summed E-state index contributed by atoms with van der Waals surface area (Å²) in [6, 6.07) is 7.65. The van der Waals surface area contributed by atoms with E-state index in [-0.39, 0.29) is 23.8 Å². The Morgan fingerprint density at radius 1 is 1.26 bits per heavy atom. The molecule has 1 N–H and O–H groups in total. The summed E-state index contributed by atoms with van der Waals surface area (Å²) in [6.45, 7) is 1.83. The van der Waals surface area contributed by atoms with Gasteiger partial charge in [-0.05, 0) is 30.7 Å². The predicted molar refractivity (Wildman–Crippen MR) is 97.0 cm³/mol. The van der Waals surface area contributed by atoms with Crippen LogP contribution in [0.15, 0.2) is 47.5 Å². The maximum atomic E-state index is 13.0. The molecule has 9 heteroatoms. The van der Waals surface area contributed by atoms with Gasteiger partial charge in [0.05, 0.1) is 17.3 Å². The molecule has 4 rings (SSSR count). The fraction of sp³-hybridized carbons (Fsp3) is 0.167. The molecule has 27 heavy (non-hydrogen) atoms. The minimum Gasteiger partial charge on any atom is -0.309 e. The van der Waals surface area contributed by atoms with Crippen molar-refractivity contribution in [3.63, 3.8) is 0 Å². The number of aromatic nitrogens is 5. The van der Waals surface area contributed by atoms with Gasteiger partial charge in [-0.2, -0.15) is 9.61 Å². The average Bonchev–Trinajstić information content (AvgIpc) is 3.12. The number of aryl methyl sites for hydroxylation is 1. The van der Waals surface area contributed by atoms with E-state index in [1.54, 1.807) is 29.0 Å². The van der Waals surface area contributed by atoms with Gasteiger partial charge in [0, 0.05) is 12.3 Å². The first-order chi connectivity index (χ1) is 13.1. The van der Waals surface area contributed by atoms with Gasteiger partial charge in [0.1, 0.15) is 29.5 Å². The van der Waals surface area contributed by atoms with E-state index in [2.05, 4.69) is 20.4 Å². The zero-order chi connectivity index (χ0) is 19.0. The van der Waals surface area contributed by atoms with Crippen molar-refractivity contribution in [3.8, 4) is 0 Å². The molecule has 136 valence electrons. The van der Waals surface area contributed by atoms with E-state index < -0.39 is 5.82 Å². The van der Waals surface area contributed by atoms with Crippen molar-refractivity contribution in [2.75, 3.05) is 5.32 Å². The lowest BCUT2D eigenvalue weighted by Gasteiger charge is -2.12. The normalized spacial score (nSPS) is 11.2. The number of anilines is 1. The first kappa shape index (κ1) is 16.8. The highest BCUT2D eigenvalue weighted by Crippen LogP contribution is 2.14. The number of carbonyl (C=O) groups is 1. The number of rotatable bonds is 4. The van der Waals surface area contributed by atoms with Crippen LogP contribution in [0, 0.1) is 5.82 Å². The van der Waals surface area contributed by atoms with E-state index in [1.807, 2.05) is 6.92 Å². The summed E-state index contributed by atoms with van der Waals surface area (Å²) >= 11 is 0. The average molecular weight is 366 g/mol. The molecule has 0 saturated carbocycles. The number of hydrogen-bond donors (Lipinski definition) is 1. The van der Waals surface area contributed by atoms with E-state index in [0.29, 0.717) is 23.1 Å². The lowest BCUT2D eigenvalue weighted by Crippen LogP contribution is -2.25. The lowest BCUT2D eigenvalue weighted by molar-refractivity contribution is -0.116. The Kier molecular flexibility index (Phi) is 4.11. The van der Waals surface area contributed by atoms with Gasteiger partial charge in [-0.1, -0.05) is 6.92 Å². The SMILES string of the molecule is CCc1cc2n(CC(=O)Nc3ccc(F)cn3)c3ncccc3c(=O)n2n1. The summed E-state index contributed by atoms with van der Waals surface area (Å²) in [7, 11) is 0. The number of fused-ring (bicyclic) bond motifs is 2. The number of nitrogens with zero attached hydrogens (tertiary/aromatic N) is 5. The highest BCUT2D eigenvalue weighted by atomic mass is 19.1. The molecule has 8 nitrogen and oxygen atoms in total. The third-order valence-electron chi connectivity index (χ3n) is 4.14. The summed E-state index contributed by atoms with van der Waals surface area (Å²) < 4.78 is 15.9. The summed E-state index contributed by atoms with van der Waals surface area (Å²) in [5, 5.41) is 7.29. The highest BCUT2D eigenvalue weighted by molar-refractivity contribution is 5.91. The zero-order valence-electron chi connectivity index (χ0n) is 14.4. The van der Waals surface area contributed by atoms with Gasteiger partial charge < -0.3 is 9.88 Å². The standard InChI is InChI=1S/C18H15FN6O2/c1-2-12-8-16-24(10-15(26)22-14-6-5-11(19)9-21-14)17-13(4-3-7-20-17)18(27)25(16)23-12/h3-9H,2,10H2,1H3,(H,21,22,26). The second-order valence-electron chi connectivity index (χ2n) is 5.93. The first-order valence-corrected chi connectivity index (χ1v) is 8.34. The molecule has 0 aliphatic heterocycles. The largest absolute Gasteiger partial charge is 0.309 e. The fourth-order valence-electron chi connectivity index (χ4n) is 2.87. The van der Waals surface area contributed by atoms with Gasteiger partial charge in [-0.15, -0.1) is 0 Å². The fourth-order valence-corrected chi connectivity index (χ4v) is 2.87. The third-order valence-corrected chi connectivity index (χ3v) is 4.14. The number of carbonyl (C=O) groups excluding carboxylic acids is 1. The Hall–Kier alpha value is -3.62. The van der Waals surface area contributed by atoms with E-state index in [1.165, 1.54) is 16.6 Å². The number of hydrogen-bond acceptors (Lipinski definition) is 5. The summed E-state index contributed by atoms with van der Waals surface area (Å²) in [6.07, 6.45) is 3.23. The maximum Gasteiger partial charge on any atom is 0.283 e. The smallest absolute Gasteiger partial charge is 0.283 e. The molecular weight excluding hydrogens is 351 g/mol. The predicted octanol–water partition coefficient (Wildman–Crippen LogP) is 1.78. The first-order valence-electron chi connectivity index (χ1n) is 8.34. The molecule has 4 aromatic heterocycles. The van der Waals surface area contributed by atoms with Gasteiger partial charge in [0.25, 0.3) is 5.56 Å². The Labute approximate surface area is 152 Å². The van der Waals surface area contributed by atoms with E-state index in [9.17, 15) is 14.0 Å². The van der Waals surface area contributed by atoms with Crippen molar-refractivity contribution in [2.24, 2.45) is 0 Å². The van der Waals surface area contributed by atoms with E-state index in [4.69, 9.17) is 0 Å². The highest BCUT2D eigenvalue weighted by Gasteiger charge is 2.16. The number of halogens is 1. The second-order valence-corrected chi connectivity index (χ2v) is 5.93. The minimum atomic E-state index is -0.489. The molecule has 0 unspecified atom stereocenters. The van der Waals surface area contributed by atoms with Gasteiger partial charge >= 0.3 is 0 Å². The van der Waals surface area contributed by atoms with Crippen LogP contribution in [0.3, 0.4) is 0 Å². The summed E-state index contributed by atoms with van der Waals surface area (Å²) in [5.41, 5.74) is 1.31. The second kappa shape index (κ2) is 6.60. The van der Waals surface area contributed by atoms with Crippen LogP contribution in [-0.2, 0) is 17.8 Å². The minimum absolute atomic E-state index is 0.106. The van der Waals surface area contributed by atoms with Crippen LogP contribution in [0.2, 0.25) is 0 Å². The van der Waals surface area contributed by atoms with Gasteiger partial charge in [0.15, 0.2) is 0 Å². The molecule has 0 aliphatic rings. The van der Waals surface area contributed by atoms with Crippen molar-refractivity contribution in [1.29, 1.82) is 0 Å². The van der Waals surface area contributed by atoms with Crippen LogP contribution in [0.5, 0.6) is 0 Å². The summed E-state index contributed by atoms with van der Waals surface area (Å²) in [5.74, 6) is -0.638. The molecule has 0 bridgehead atoms. The van der Waals surface area contributed by atoms with Gasteiger partial charge in [0.2, 0.25) is 5.91 Å².